The van der Waals surface area contributed by atoms with Gasteiger partial charge < -0.3 is 9.73 Å². The van der Waals surface area contributed by atoms with Crippen molar-refractivity contribution in [2.75, 3.05) is 5.32 Å². The monoisotopic (exact) mass is 325 g/mol. The number of halogens is 1. The molecule has 0 fully saturated rings. The summed E-state index contributed by atoms with van der Waals surface area (Å²) in [5.41, 5.74) is 4.02. The number of amides is 1. The third kappa shape index (κ3) is 2.80. The molecule has 1 heterocycles. The highest BCUT2D eigenvalue weighted by Crippen LogP contribution is 2.30. The van der Waals surface area contributed by atoms with Gasteiger partial charge in [0.05, 0.1) is 0 Å². The number of rotatable bonds is 3. The minimum absolute atomic E-state index is 0.216. The van der Waals surface area contributed by atoms with Crippen LogP contribution in [-0.2, 0) is 0 Å². The molecule has 4 heteroatoms. The van der Waals surface area contributed by atoms with Crippen molar-refractivity contribution in [2.24, 2.45) is 0 Å². The van der Waals surface area contributed by atoms with Crippen LogP contribution in [0, 0.1) is 19.7 Å². The number of hydrogen-bond acceptors (Lipinski definition) is 2. The van der Waals surface area contributed by atoms with Crippen molar-refractivity contribution in [1.82, 2.24) is 0 Å². The Morgan fingerprint density at radius 2 is 1.92 bits per heavy atom. The topological polar surface area (TPSA) is 42.2 Å². The van der Waals surface area contributed by atoms with Gasteiger partial charge >= 0.3 is 0 Å². The van der Waals surface area contributed by atoms with Crippen molar-refractivity contribution in [1.29, 1.82) is 0 Å². The van der Waals surface area contributed by atoms with E-state index in [0.717, 1.165) is 16.8 Å². The van der Waals surface area contributed by atoms with E-state index in [4.69, 9.17) is 4.42 Å². The highest BCUT2D eigenvalue weighted by molar-refractivity contribution is 6.07. The molecule has 0 aliphatic rings. The summed E-state index contributed by atoms with van der Waals surface area (Å²) in [7, 11) is 0. The molecule has 3 nitrogen and oxygen atoms in total. The highest BCUT2D eigenvalue weighted by atomic mass is 19.1. The Morgan fingerprint density at radius 3 is 2.62 bits per heavy atom. The Labute approximate surface area is 140 Å². The lowest BCUT2D eigenvalue weighted by Gasteiger charge is -2.16. The number of anilines is 1. The average Bonchev–Trinajstić information content (AvgIpc) is 2.86. The number of para-hydroxylation sites is 1. The lowest BCUT2D eigenvalue weighted by molar-refractivity contribution is 0.0997. The first-order valence-corrected chi connectivity index (χ1v) is 7.98. The summed E-state index contributed by atoms with van der Waals surface area (Å²) in [6.07, 6.45) is 0. The second-order valence-electron chi connectivity index (χ2n) is 6.34. The van der Waals surface area contributed by atoms with Gasteiger partial charge in [0.1, 0.15) is 11.4 Å². The molecule has 124 valence electrons. The first-order chi connectivity index (χ1) is 11.4. The Hall–Kier alpha value is -2.62. The number of fused-ring (bicyclic) bond motifs is 1. The number of aryl methyl sites for hydroxylation is 2. The summed E-state index contributed by atoms with van der Waals surface area (Å²) in [6, 6.07) is 10.2. The average molecular weight is 325 g/mol. The molecule has 0 bridgehead atoms. The Morgan fingerprint density at radius 1 is 1.17 bits per heavy atom. The van der Waals surface area contributed by atoms with Gasteiger partial charge in [-0.05, 0) is 49.1 Å². The molecule has 3 rings (SSSR count). The SMILES string of the molecule is Cc1cccc(C(C)C)c1NC(=O)c1oc2ccc(F)cc2c1C. The van der Waals surface area contributed by atoms with E-state index >= 15 is 0 Å². The van der Waals surface area contributed by atoms with Gasteiger partial charge in [-0.25, -0.2) is 4.39 Å². The van der Waals surface area contributed by atoms with Crippen LogP contribution in [0.4, 0.5) is 10.1 Å². The van der Waals surface area contributed by atoms with Gasteiger partial charge in [-0.15, -0.1) is 0 Å². The predicted molar refractivity (Wildman–Crippen MR) is 94.1 cm³/mol. The van der Waals surface area contributed by atoms with E-state index in [0.29, 0.717) is 16.5 Å². The van der Waals surface area contributed by atoms with Crippen molar-refractivity contribution >= 4 is 22.6 Å². The van der Waals surface area contributed by atoms with Crippen molar-refractivity contribution in [2.45, 2.75) is 33.6 Å². The Bertz CT molecular complexity index is 925. The quantitative estimate of drug-likeness (QED) is 0.684. The first-order valence-electron chi connectivity index (χ1n) is 7.98. The molecule has 0 aliphatic carbocycles. The molecule has 24 heavy (non-hydrogen) atoms. The van der Waals surface area contributed by atoms with Crippen LogP contribution in [0.25, 0.3) is 11.0 Å². The van der Waals surface area contributed by atoms with E-state index in [9.17, 15) is 9.18 Å². The Balaban J connectivity index is 2.01. The summed E-state index contributed by atoms with van der Waals surface area (Å²) in [4.78, 5) is 12.7. The molecule has 0 spiro atoms. The molecule has 0 saturated carbocycles. The molecule has 1 amide bonds. The molecule has 1 N–H and O–H groups in total. The smallest absolute Gasteiger partial charge is 0.291 e. The maximum absolute atomic E-state index is 13.4. The van der Waals surface area contributed by atoms with Crippen LogP contribution < -0.4 is 5.32 Å². The Kier molecular flexibility index (Phi) is 4.14. The molecule has 3 aromatic rings. The fraction of sp³-hybridized carbons (Fsp3) is 0.250. The van der Waals surface area contributed by atoms with Crippen LogP contribution in [-0.4, -0.2) is 5.91 Å². The molecule has 0 atom stereocenters. The van der Waals surface area contributed by atoms with E-state index in [2.05, 4.69) is 19.2 Å². The molecule has 0 radical (unpaired) electrons. The molecular weight excluding hydrogens is 305 g/mol. The van der Waals surface area contributed by atoms with Gasteiger partial charge in [-0.1, -0.05) is 32.0 Å². The molecule has 1 aromatic heterocycles. The molecule has 2 aromatic carbocycles. The number of hydrogen-bond donors (Lipinski definition) is 1. The van der Waals surface area contributed by atoms with Crippen molar-refractivity contribution in [3.8, 4) is 0 Å². The van der Waals surface area contributed by atoms with Crippen LogP contribution in [0.2, 0.25) is 0 Å². The zero-order chi connectivity index (χ0) is 17.4. The molecule has 0 saturated heterocycles. The maximum Gasteiger partial charge on any atom is 0.291 e. The summed E-state index contributed by atoms with van der Waals surface area (Å²) in [5.74, 6) is -0.167. The number of carbonyl (C=O) groups is 1. The molecular formula is C20H20FNO2. The van der Waals surface area contributed by atoms with Gasteiger partial charge in [0.25, 0.3) is 5.91 Å². The van der Waals surface area contributed by atoms with Gasteiger partial charge in [0.2, 0.25) is 0 Å². The van der Waals surface area contributed by atoms with E-state index in [1.165, 1.54) is 12.1 Å². The zero-order valence-electron chi connectivity index (χ0n) is 14.2. The van der Waals surface area contributed by atoms with E-state index in [1.807, 2.05) is 25.1 Å². The number of nitrogens with one attached hydrogen (secondary N) is 1. The van der Waals surface area contributed by atoms with Gasteiger partial charge in [0.15, 0.2) is 5.76 Å². The van der Waals surface area contributed by atoms with Crippen LogP contribution in [0.15, 0.2) is 40.8 Å². The van der Waals surface area contributed by atoms with Crippen molar-refractivity contribution in [3.05, 3.63) is 64.7 Å². The van der Waals surface area contributed by atoms with Gasteiger partial charge in [-0.3, -0.25) is 4.79 Å². The highest BCUT2D eigenvalue weighted by Gasteiger charge is 2.20. The lowest BCUT2D eigenvalue weighted by Crippen LogP contribution is -2.15. The largest absolute Gasteiger partial charge is 0.451 e. The summed E-state index contributed by atoms with van der Waals surface area (Å²) in [5, 5.41) is 3.59. The molecule has 0 aliphatic heterocycles. The summed E-state index contributed by atoms with van der Waals surface area (Å²) >= 11 is 0. The number of carbonyl (C=O) groups excluding carboxylic acids is 1. The molecule has 0 unspecified atom stereocenters. The number of benzene rings is 2. The van der Waals surface area contributed by atoms with Gasteiger partial charge in [0, 0.05) is 16.6 Å². The fourth-order valence-corrected chi connectivity index (χ4v) is 2.92. The van der Waals surface area contributed by atoms with Crippen LogP contribution in [0.1, 0.15) is 47.0 Å². The number of furan rings is 1. The lowest BCUT2D eigenvalue weighted by atomic mass is 9.98. The third-order valence-corrected chi connectivity index (χ3v) is 4.27. The second kappa shape index (κ2) is 6.11. The van der Waals surface area contributed by atoms with Crippen molar-refractivity contribution in [3.63, 3.8) is 0 Å². The van der Waals surface area contributed by atoms with E-state index in [-0.39, 0.29) is 23.4 Å². The van der Waals surface area contributed by atoms with Crippen LogP contribution in [0.3, 0.4) is 0 Å². The predicted octanol–water partition coefficient (Wildman–Crippen LogP) is 5.56. The van der Waals surface area contributed by atoms with Crippen molar-refractivity contribution < 1.29 is 13.6 Å². The van der Waals surface area contributed by atoms with E-state index < -0.39 is 0 Å². The standard InChI is InChI=1S/C20H20FNO2/c1-11(2)15-7-5-6-12(3)18(15)22-20(23)19-13(4)16-10-14(21)8-9-17(16)24-19/h5-11H,1-4H3,(H,22,23). The van der Waals surface area contributed by atoms with Gasteiger partial charge in [-0.2, -0.15) is 0 Å². The normalized spacial score (nSPS) is 11.2. The van der Waals surface area contributed by atoms with Crippen LogP contribution >= 0.6 is 0 Å². The first kappa shape index (κ1) is 16.2. The maximum atomic E-state index is 13.4. The van der Waals surface area contributed by atoms with E-state index in [1.54, 1.807) is 13.0 Å². The third-order valence-electron chi connectivity index (χ3n) is 4.27. The van der Waals surface area contributed by atoms with Crippen LogP contribution in [0.5, 0.6) is 0 Å². The summed E-state index contributed by atoms with van der Waals surface area (Å²) in [6.45, 7) is 7.89. The minimum atomic E-state index is -0.348. The second-order valence-corrected chi connectivity index (χ2v) is 6.34. The minimum Gasteiger partial charge on any atom is -0.451 e. The zero-order valence-corrected chi connectivity index (χ0v) is 14.2. The summed E-state index contributed by atoms with van der Waals surface area (Å²) < 4.78 is 19.1. The fourth-order valence-electron chi connectivity index (χ4n) is 2.92.